The van der Waals surface area contributed by atoms with E-state index in [1.54, 1.807) is 48.5 Å². The maximum absolute atomic E-state index is 12.9. The third-order valence-corrected chi connectivity index (χ3v) is 3.88. The molecule has 10 nitrogen and oxygen atoms in total. The molecular weight excluding hydrogens is 380 g/mol. The first-order chi connectivity index (χ1) is 13.1. The summed E-state index contributed by atoms with van der Waals surface area (Å²) in [7, 11) is 0. The van der Waals surface area contributed by atoms with Gasteiger partial charge in [0.05, 0.1) is 6.04 Å². The third-order valence-electron chi connectivity index (χ3n) is 3.88. The molecule has 1 radical (unpaired) electrons. The fourth-order valence-corrected chi connectivity index (χ4v) is 2.32. The van der Waals surface area contributed by atoms with Gasteiger partial charge >= 0.3 is 12.1 Å². The molecule has 3 atom stereocenters. The minimum Gasteiger partial charge on any atom is -0.443 e. The van der Waals surface area contributed by atoms with Gasteiger partial charge in [-0.25, -0.2) is 25.1 Å². The number of hydrogen-bond acceptors (Lipinski definition) is 6. The summed E-state index contributed by atoms with van der Waals surface area (Å²) in [6.07, 6.45) is -0.978. The molecule has 0 saturated carbocycles. The Morgan fingerprint density at radius 2 is 1.55 bits per heavy atom. The molecule has 0 aromatic carbocycles. The number of nitrogens with zero attached hydrogens (tertiary/aromatic N) is 1. The number of carbonyl (C=O) groups is 4. The van der Waals surface area contributed by atoms with E-state index < -0.39 is 47.6 Å². The number of nitrogens with two attached hydrogens (primary N) is 1. The summed E-state index contributed by atoms with van der Waals surface area (Å²) in [5, 5.41) is 14.8. The minimum absolute atomic E-state index is 0.0239. The Balaban J connectivity index is 5.64. The van der Waals surface area contributed by atoms with Gasteiger partial charge in [0, 0.05) is 0 Å². The molecule has 0 aliphatic rings. The zero-order valence-corrected chi connectivity index (χ0v) is 18.6. The van der Waals surface area contributed by atoms with E-state index in [1.165, 1.54) is 6.92 Å². The van der Waals surface area contributed by atoms with Crippen LogP contribution in [0.1, 0.15) is 61.8 Å². The lowest BCUT2D eigenvalue weighted by Gasteiger charge is -2.32. The molecule has 0 fully saturated rings. The molecule has 4 N–H and O–H groups in total. The zero-order chi connectivity index (χ0) is 23.1. The molecule has 0 aliphatic heterocycles. The number of hydrogen-bond donors (Lipinski definition) is 3. The first-order valence-electron chi connectivity index (χ1n) is 9.66. The van der Waals surface area contributed by atoms with Crippen LogP contribution in [-0.2, 0) is 24.2 Å². The first-order valence-corrected chi connectivity index (χ1v) is 9.66. The third kappa shape index (κ3) is 9.60. The highest BCUT2D eigenvalue weighted by Gasteiger charge is 2.37. The second-order valence-corrected chi connectivity index (χ2v) is 8.79. The summed E-state index contributed by atoms with van der Waals surface area (Å²) >= 11 is 0. The smallest absolute Gasteiger partial charge is 0.426 e. The Labute approximate surface area is 172 Å². The van der Waals surface area contributed by atoms with Gasteiger partial charge in [-0.3, -0.25) is 9.59 Å². The predicted octanol–water partition coefficient (Wildman–Crippen LogP) is 1.11. The normalized spacial score (nSPS) is 14.7. The summed E-state index contributed by atoms with van der Waals surface area (Å²) in [5.41, 5.74) is 7.10. The lowest BCUT2D eigenvalue weighted by atomic mass is 10.0. The second kappa shape index (κ2) is 11.0. The molecule has 0 aromatic heterocycles. The number of nitrogens with one attached hydrogen (secondary N) is 2. The van der Waals surface area contributed by atoms with E-state index >= 15 is 0 Å². The van der Waals surface area contributed by atoms with Crippen LogP contribution in [0.25, 0.3) is 0 Å². The van der Waals surface area contributed by atoms with Gasteiger partial charge in [-0.2, -0.15) is 0 Å². The summed E-state index contributed by atoms with van der Waals surface area (Å²) in [6.45, 7) is 13.3. The SMILES string of the molecule is CC(C)C[C@@H](C([O])=O)N(NC(=O)OC(C)(C)C)C(=O)[C@H](C)NC(=O)[C@@H](N)C(C)C. The van der Waals surface area contributed by atoms with E-state index in [2.05, 4.69) is 10.7 Å². The number of ether oxygens (including phenoxy) is 1. The van der Waals surface area contributed by atoms with Crippen LogP contribution >= 0.6 is 0 Å². The van der Waals surface area contributed by atoms with Crippen LogP contribution in [0.15, 0.2) is 0 Å². The van der Waals surface area contributed by atoms with Crippen molar-refractivity contribution in [3.63, 3.8) is 0 Å². The lowest BCUT2D eigenvalue weighted by molar-refractivity contribution is -0.159. The molecule has 167 valence electrons. The van der Waals surface area contributed by atoms with Crippen molar-refractivity contribution in [2.24, 2.45) is 17.6 Å². The van der Waals surface area contributed by atoms with E-state index in [1.807, 2.05) is 0 Å². The van der Waals surface area contributed by atoms with Crippen LogP contribution in [0.3, 0.4) is 0 Å². The summed E-state index contributed by atoms with van der Waals surface area (Å²) < 4.78 is 5.12. The summed E-state index contributed by atoms with van der Waals surface area (Å²) in [4.78, 5) is 48.9. The topological polar surface area (TPSA) is 151 Å². The van der Waals surface area contributed by atoms with Crippen molar-refractivity contribution < 1.29 is 29.0 Å². The molecule has 0 aliphatic carbocycles. The van der Waals surface area contributed by atoms with Gasteiger partial charge in [0.1, 0.15) is 11.6 Å². The van der Waals surface area contributed by atoms with Crippen LogP contribution in [0.5, 0.6) is 0 Å². The van der Waals surface area contributed by atoms with Crippen molar-refractivity contribution in [1.29, 1.82) is 0 Å². The van der Waals surface area contributed by atoms with Crippen LogP contribution in [0.2, 0.25) is 0 Å². The van der Waals surface area contributed by atoms with Gasteiger partial charge in [0.15, 0.2) is 6.04 Å². The molecule has 0 spiro atoms. The van der Waals surface area contributed by atoms with Crippen molar-refractivity contribution in [3.05, 3.63) is 0 Å². The molecule has 0 aromatic rings. The van der Waals surface area contributed by atoms with Gasteiger partial charge in [0.2, 0.25) is 5.91 Å². The zero-order valence-electron chi connectivity index (χ0n) is 18.6. The van der Waals surface area contributed by atoms with E-state index in [0.717, 1.165) is 0 Å². The van der Waals surface area contributed by atoms with Crippen LogP contribution in [0, 0.1) is 11.8 Å². The molecule has 0 heterocycles. The summed E-state index contributed by atoms with van der Waals surface area (Å²) in [5.74, 6) is -3.22. The highest BCUT2D eigenvalue weighted by Crippen LogP contribution is 2.14. The van der Waals surface area contributed by atoms with Gasteiger partial charge in [-0.05, 0) is 46.0 Å². The van der Waals surface area contributed by atoms with Crippen molar-refractivity contribution >= 4 is 23.9 Å². The van der Waals surface area contributed by atoms with E-state index in [4.69, 9.17) is 10.5 Å². The molecule has 10 heteroatoms. The minimum atomic E-state index is -1.54. The van der Waals surface area contributed by atoms with Gasteiger partial charge in [0.25, 0.3) is 5.91 Å². The highest BCUT2D eigenvalue weighted by molar-refractivity contribution is 5.92. The maximum Gasteiger partial charge on any atom is 0.426 e. The number of hydrazine groups is 1. The summed E-state index contributed by atoms with van der Waals surface area (Å²) in [6, 6.07) is -3.44. The van der Waals surface area contributed by atoms with Crippen molar-refractivity contribution in [2.75, 3.05) is 0 Å². The van der Waals surface area contributed by atoms with Crippen molar-refractivity contribution in [1.82, 2.24) is 15.8 Å². The predicted molar refractivity (Wildman–Crippen MR) is 106 cm³/mol. The quantitative estimate of drug-likeness (QED) is 0.505. The fraction of sp³-hybridized carbons (Fsp3) is 0.789. The number of amides is 3. The average Bonchev–Trinajstić information content (AvgIpc) is 2.54. The van der Waals surface area contributed by atoms with E-state index in [-0.39, 0.29) is 18.3 Å². The molecule has 0 unspecified atom stereocenters. The molecule has 0 saturated heterocycles. The molecular formula is C19H35N4O6. The van der Waals surface area contributed by atoms with Gasteiger partial charge in [-0.15, -0.1) is 0 Å². The van der Waals surface area contributed by atoms with Gasteiger partial charge in [-0.1, -0.05) is 27.7 Å². The largest absolute Gasteiger partial charge is 0.443 e. The number of carbonyl (C=O) groups excluding carboxylic acids is 4. The van der Waals surface area contributed by atoms with Gasteiger partial charge < -0.3 is 15.8 Å². The Morgan fingerprint density at radius 3 is 1.93 bits per heavy atom. The first kappa shape index (κ1) is 26.6. The molecule has 29 heavy (non-hydrogen) atoms. The number of rotatable bonds is 8. The van der Waals surface area contributed by atoms with Crippen LogP contribution in [-0.4, -0.2) is 52.6 Å². The Hall–Kier alpha value is -2.36. The maximum atomic E-state index is 12.9. The molecule has 0 bridgehead atoms. The molecule has 0 rings (SSSR count). The van der Waals surface area contributed by atoms with Crippen molar-refractivity contribution in [3.8, 4) is 0 Å². The van der Waals surface area contributed by atoms with E-state index in [9.17, 15) is 24.3 Å². The molecule has 3 amide bonds. The monoisotopic (exact) mass is 415 g/mol. The lowest BCUT2D eigenvalue weighted by Crippen LogP contribution is -2.61. The van der Waals surface area contributed by atoms with Crippen molar-refractivity contribution in [2.45, 2.75) is 85.5 Å². The standard InChI is InChI=1S/C19H35N4O6/c1-10(2)9-13(17(26)27)23(22-18(28)29-19(6,7)8)16(25)12(5)21-15(24)14(20)11(3)4/h10-14H,9,20H2,1-8H3,(H,21,24)(H,22,28)/t12-,13-,14-/m0/s1. The Kier molecular flexibility index (Phi) is 10.1. The second-order valence-electron chi connectivity index (χ2n) is 8.79. The van der Waals surface area contributed by atoms with E-state index in [0.29, 0.717) is 5.01 Å². The Bertz CT molecular complexity index is 600. The highest BCUT2D eigenvalue weighted by atomic mass is 16.6. The Morgan fingerprint density at radius 1 is 1.03 bits per heavy atom. The average molecular weight is 416 g/mol. The van der Waals surface area contributed by atoms with Crippen LogP contribution in [0.4, 0.5) is 4.79 Å². The fourth-order valence-electron chi connectivity index (χ4n) is 2.32. The van der Waals surface area contributed by atoms with Crippen LogP contribution < -0.4 is 16.5 Å².